The number of rotatable bonds is 3. The predicted molar refractivity (Wildman–Crippen MR) is 74.8 cm³/mol. The Bertz CT molecular complexity index is 613. The summed E-state index contributed by atoms with van der Waals surface area (Å²) in [6.45, 7) is 3.07. The molecule has 0 N–H and O–H groups in total. The number of nitrogens with zero attached hydrogens (tertiary/aromatic N) is 2. The maximum atomic E-state index is 13.5. The highest BCUT2D eigenvalue weighted by atomic mass is 19.1. The van der Waals surface area contributed by atoms with E-state index in [2.05, 4.69) is 9.98 Å². The van der Waals surface area contributed by atoms with Gasteiger partial charge in [-0.15, -0.1) is 0 Å². The monoisotopic (exact) mass is 276 g/mol. The molecule has 0 saturated heterocycles. The van der Waals surface area contributed by atoms with Crippen molar-refractivity contribution in [3.05, 3.63) is 42.0 Å². The van der Waals surface area contributed by atoms with Crippen LogP contribution in [-0.2, 0) is 4.79 Å². The van der Waals surface area contributed by atoms with Gasteiger partial charge in [-0.2, -0.15) is 0 Å². The SMILES string of the molecule is CC(=O)C1=NC(C(C)=Nc2c(F)cccc2F)CC=C1. The molecule has 1 aliphatic heterocycles. The standard InChI is InChI=1S/C15H14F2N2O/c1-9(13-7-4-8-14(19-13)10(2)20)18-15-11(16)5-3-6-12(15)17/h3-6,8,13H,7H2,1-2H3. The quantitative estimate of drug-likeness (QED) is 0.780. The van der Waals surface area contributed by atoms with Gasteiger partial charge in [-0.25, -0.2) is 13.8 Å². The van der Waals surface area contributed by atoms with Crippen molar-refractivity contribution in [3.8, 4) is 0 Å². The maximum Gasteiger partial charge on any atom is 0.177 e. The number of halogens is 2. The molecule has 20 heavy (non-hydrogen) atoms. The van der Waals surface area contributed by atoms with Crippen molar-refractivity contribution in [3.63, 3.8) is 0 Å². The molecule has 0 radical (unpaired) electrons. The molecule has 1 atom stereocenters. The number of carbonyl (C=O) groups is 1. The molecule has 1 unspecified atom stereocenters. The van der Waals surface area contributed by atoms with Gasteiger partial charge in [0.2, 0.25) is 0 Å². The number of hydrogen-bond acceptors (Lipinski definition) is 3. The first kappa shape index (κ1) is 14.2. The van der Waals surface area contributed by atoms with Gasteiger partial charge in [-0.3, -0.25) is 9.79 Å². The lowest BCUT2D eigenvalue weighted by Crippen LogP contribution is -2.22. The van der Waals surface area contributed by atoms with Gasteiger partial charge in [-0.1, -0.05) is 12.1 Å². The highest BCUT2D eigenvalue weighted by Gasteiger charge is 2.17. The third-order valence-corrected chi connectivity index (χ3v) is 3.00. The average Bonchev–Trinajstić information content (AvgIpc) is 2.43. The van der Waals surface area contributed by atoms with Crippen molar-refractivity contribution in [1.29, 1.82) is 0 Å². The number of ketones is 1. The Kier molecular flexibility index (Phi) is 4.17. The Hall–Kier alpha value is -2.17. The lowest BCUT2D eigenvalue weighted by molar-refractivity contribution is -0.111. The Morgan fingerprint density at radius 1 is 1.30 bits per heavy atom. The molecule has 0 fully saturated rings. The third kappa shape index (κ3) is 3.04. The second-order valence-electron chi connectivity index (χ2n) is 4.55. The van der Waals surface area contributed by atoms with Crippen LogP contribution in [0.4, 0.5) is 14.5 Å². The molecule has 0 spiro atoms. The summed E-state index contributed by atoms with van der Waals surface area (Å²) in [7, 11) is 0. The van der Waals surface area contributed by atoms with E-state index in [1.807, 2.05) is 6.08 Å². The molecule has 0 aromatic heterocycles. The van der Waals surface area contributed by atoms with Gasteiger partial charge >= 0.3 is 0 Å². The van der Waals surface area contributed by atoms with E-state index < -0.39 is 11.6 Å². The summed E-state index contributed by atoms with van der Waals surface area (Å²) in [5.41, 5.74) is 0.501. The zero-order valence-electron chi connectivity index (χ0n) is 11.2. The van der Waals surface area contributed by atoms with Crippen molar-refractivity contribution in [1.82, 2.24) is 0 Å². The first-order valence-corrected chi connectivity index (χ1v) is 6.23. The van der Waals surface area contributed by atoms with Crippen LogP contribution in [0.25, 0.3) is 0 Å². The fourth-order valence-electron chi connectivity index (χ4n) is 1.89. The van der Waals surface area contributed by atoms with E-state index in [-0.39, 0.29) is 17.5 Å². The molecule has 1 aliphatic rings. The van der Waals surface area contributed by atoms with Crippen LogP contribution in [0.15, 0.2) is 40.3 Å². The number of aliphatic imine (C=N–C) groups is 2. The first-order chi connectivity index (χ1) is 9.49. The van der Waals surface area contributed by atoms with Crippen LogP contribution in [-0.4, -0.2) is 23.2 Å². The topological polar surface area (TPSA) is 41.8 Å². The number of hydrogen-bond donors (Lipinski definition) is 0. The van der Waals surface area contributed by atoms with E-state index in [9.17, 15) is 13.6 Å². The summed E-state index contributed by atoms with van der Waals surface area (Å²) in [5.74, 6) is -1.58. The zero-order valence-corrected chi connectivity index (χ0v) is 11.2. The fraction of sp³-hybridized carbons (Fsp3) is 0.267. The van der Waals surface area contributed by atoms with E-state index in [0.29, 0.717) is 17.8 Å². The summed E-state index contributed by atoms with van der Waals surface area (Å²) >= 11 is 0. The Balaban J connectivity index is 2.32. The normalized spacial score (nSPS) is 18.9. The van der Waals surface area contributed by atoms with Crippen LogP contribution in [0.2, 0.25) is 0 Å². The van der Waals surface area contributed by atoms with Crippen molar-refractivity contribution in [2.24, 2.45) is 9.98 Å². The van der Waals surface area contributed by atoms with E-state index in [1.165, 1.54) is 13.0 Å². The molecule has 2 rings (SSSR count). The molecule has 0 bridgehead atoms. The van der Waals surface area contributed by atoms with Crippen LogP contribution < -0.4 is 0 Å². The van der Waals surface area contributed by atoms with Crippen molar-refractivity contribution in [2.45, 2.75) is 26.3 Å². The van der Waals surface area contributed by atoms with Gasteiger partial charge in [0, 0.05) is 12.6 Å². The molecule has 3 nitrogen and oxygen atoms in total. The number of dihydropyridines is 1. The van der Waals surface area contributed by atoms with Gasteiger partial charge in [-0.05, 0) is 31.6 Å². The second-order valence-corrected chi connectivity index (χ2v) is 4.55. The van der Waals surface area contributed by atoms with Gasteiger partial charge in [0.05, 0.1) is 6.04 Å². The van der Waals surface area contributed by atoms with Gasteiger partial charge in [0.15, 0.2) is 17.4 Å². The van der Waals surface area contributed by atoms with E-state index in [4.69, 9.17) is 0 Å². The lowest BCUT2D eigenvalue weighted by Gasteiger charge is -2.15. The molecule has 0 amide bonds. The van der Waals surface area contributed by atoms with Crippen molar-refractivity contribution >= 4 is 22.9 Å². The second kappa shape index (κ2) is 5.86. The minimum atomic E-state index is -0.716. The van der Waals surface area contributed by atoms with Crippen LogP contribution in [0.5, 0.6) is 0 Å². The Labute approximate surface area is 115 Å². The number of allylic oxidation sites excluding steroid dienone is 1. The molecule has 0 saturated carbocycles. The summed E-state index contributed by atoms with van der Waals surface area (Å²) in [6, 6.07) is 3.23. The summed E-state index contributed by atoms with van der Waals surface area (Å²) < 4.78 is 27.1. The number of para-hydroxylation sites is 1. The smallest absolute Gasteiger partial charge is 0.177 e. The van der Waals surface area contributed by atoms with Crippen LogP contribution in [0, 0.1) is 11.6 Å². The highest BCUT2D eigenvalue weighted by Crippen LogP contribution is 2.23. The molecule has 1 aromatic carbocycles. The molecule has 104 valence electrons. The van der Waals surface area contributed by atoms with Gasteiger partial charge in [0.25, 0.3) is 0 Å². The van der Waals surface area contributed by atoms with Crippen LogP contribution in [0.3, 0.4) is 0 Å². The molecule has 1 aromatic rings. The summed E-state index contributed by atoms with van der Waals surface area (Å²) in [6.07, 6.45) is 4.02. The largest absolute Gasteiger partial charge is 0.293 e. The van der Waals surface area contributed by atoms with Crippen LogP contribution in [0.1, 0.15) is 20.3 Å². The summed E-state index contributed by atoms with van der Waals surface area (Å²) in [5, 5.41) is 0. The van der Waals surface area contributed by atoms with E-state index >= 15 is 0 Å². The number of carbonyl (C=O) groups excluding carboxylic acids is 1. The molecular weight excluding hydrogens is 262 g/mol. The molecule has 5 heteroatoms. The molecular formula is C15H14F2N2O. The molecule has 1 heterocycles. The first-order valence-electron chi connectivity index (χ1n) is 6.23. The lowest BCUT2D eigenvalue weighted by atomic mass is 10.0. The summed E-state index contributed by atoms with van der Waals surface area (Å²) in [4.78, 5) is 19.5. The van der Waals surface area contributed by atoms with E-state index in [0.717, 1.165) is 12.1 Å². The average molecular weight is 276 g/mol. The number of benzene rings is 1. The minimum absolute atomic E-state index is 0.143. The van der Waals surface area contributed by atoms with Gasteiger partial charge in [0.1, 0.15) is 11.4 Å². The van der Waals surface area contributed by atoms with E-state index in [1.54, 1.807) is 13.0 Å². The van der Waals surface area contributed by atoms with Gasteiger partial charge < -0.3 is 0 Å². The fourth-order valence-corrected chi connectivity index (χ4v) is 1.89. The molecule has 0 aliphatic carbocycles. The van der Waals surface area contributed by atoms with Crippen molar-refractivity contribution in [2.75, 3.05) is 0 Å². The Morgan fingerprint density at radius 3 is 2.55 bits per heavy atom. The predicted octanol–water partition coefficient (Wildman–Crippen LogP) is 3.42. The zero-order chi connectivity index (χ0) is 14.7. The van der Waals surface area contributed by atoms with Crippen LogP contribution >= 0.6 is 0 Å². The minimum Gasteiger partial charge on any atom is -0.293 e. The maximum absolute atomic E-state index is 13.5. The number of Topliss-reactive ketones (excluding diaryl/α,β-unsaturated/α-hetero) is 1. The third-order valence-electron chi connectivity index (χ3n) is 3.00. The Morgan fingerprint density at radius 2 is 1.95 bits per heavy atom. The highest BCUT2D eigenvalue weighted by molar-refractivity contribution is 6.43. The van der Waals surface area contributed by atoms with Crippen molar-refractivity contribution < 1.29 is 13.6 Å².